The number of hydrogen-bond donors (Lipinski definition) is 1. The maximum absolute atomic E-state index is 12.8. The lowest BCUT2D eigenvalue weighted by Crippen LogP contribution is -2.14. The monoisotopic (exact) mass is 541 g/mol. The fraction of sp³-hybridized carbons (Fsp3) is 0.174. The Morgan fingerprint density at radius 1 is 1.11 bits per heavy atom. The number of thioether (sulfide) groups is 1. The highest BCUT2D eigenvalue weighted by Crippen LogP contribution is 2.30. The number of benzene rings is 1. The van der Waals surface area contributed by atoms with Crippen molar-refractivity contribution in [2.75, 3.05) is 22.6 Å². The molecule has 0 aliphatic heterocycles. The van der Waals surface area contributed by atoms with Gasteiger partial charge in [-0.3, -0.25) is 4.79 Å². The molecule has 12 heteroatoms. The van der Waals surface area contributed by atoms with Crippen LogP contribution >= 0.6 is 23.4 Å². The summed E-state index contributed by atoms with van der Waals surface area (Å²) in [6.45, 7) is 0. The van der Waals surface area contributed by atoms with E-state index in [4.69, 9.17) is 11.6 Å². The molecule has 3 aromatic rings. The van der Waals surface area contributed by atoms with Crippen molar-refractivity contribution in [1.82, 2.24) is 9.97 Å². The van der Waals surface area contributed by atoms with Crippen LogP contribution in [-0.4, -0.2) is 41.6 Å². The minimum absolute atomic E-state index is 0.169. The van der Waals surface area contributed by atoms with Gasteiger partial charge in [0.15, 0.2) is 9.84 Å². The lowest BCUT2D eigenvalue weighted by Gasteiger charge is -2.10. The summed E-state index contributed by atoms with van der Waals surface area (Å²) in [6, 6.07) is 10.9. The van der Waals surface area contributed by atoms with Crippen LogP contribution in [0.5, 0.6) is 0 Å². The second-order valence-corrected chi connectivity index (χ2v) is 10.9. The average Bonchev–Trinajstić information content (AvgIpc) is 2.80. The van der Waals surface area contributed by atoms with E-state index in [9.17, 15) is 26.4 Å². The second kappa shape index (κ2) is 11.7. The zero-order valence-corrected chi connectivity index (χ0v) is 20.4. The summed E-state index contributed by atoms with van der Waals surface area (Å²) in [5, 5.41) is 3.41. The molecule has 3 rings (SSSR count). The van der Waals surface area contributed by atoms with Crippen molar-refractivity contribution in [3.8, 4) is 0 Å². The fourth-order valence-corrected chi connectivity index (χ4v) is 5.42. The number of aromatic nitrogens is 2. The highest BCUT2D eigenvalue weighted by atomic mass is 35.5. The predicted molar refractivity (Wildman–Crippen MR) is 131 cm³/mol. The highest BCUT2D eigenvalue weighted by Gasteiger charge is 2.30. The van der Waals surface area contributed by atoms with Gasteiger partial charge in [0, 0.05) is 18.1 Å². The molecule has 0 unspecified atom stereocenters. The summed E-state index contributed by atoms with van der Waals surface area (Å²) in [5.41, 5.74) is 0.169. The fourth-order valence-electron chi connectivity index (χ4n) is 2.80. The van der Waals surface area contributed by atoms with Gasteiger partial charge < -0.3 is 5.32 Å². The first-order valence-corrected chi connectivity index (χ1v) is 13.3. The second-order valence-electron chi connectivity index (χ2n) is 7.17. The molecule has 184 valence electrons. The molecule has 35 heavy (non-hydrogen) atoms. The third-order valence-electron chi connectivity index (χ3n) is 4.52. The largest absolute Gasteiger partial charge is 0.416 e. The van der Waals surface area contributed by atoms with Gasteiger partial charge in [-0.25, -0.2) is 18.4 Å². The van der Waals surface area contributed by atoms with Crippen molar-refractivity contribution in [2.24, 2.45) is 0 Å². The van der Waals surface area contributed by atoms with Crippen LogP contribution in [0.25, 0.3) is 6.08 Å². The summed E-state index contributed by atoms with van der Waals surface area (Å²) < 4.78 is 63.1. The predicted octanol–water partition coefficient (Wildman–Crippen LogP) is 5.62. The van der Waals surface area contributed by atoms with E-state index in [0.717, 1.165) is 23.9 Å². The van der Waals surface area contributed by atoms with E-state index >= 15 is 0 Å². The van der Waals surface area contributed by atoms with Crippen molar-refractivity contribution in [1.29, 1.82) is 0 Å². The molecule has 0 bridgehead atoms. The van der Waals surface area contributed by atoms with Crippen molar-refractivity contribution in [3.63, 3.8) is 0 Å². The summed E-state index contributed by atoms with van der Waals surface area (Å²) in [5.74, 6) is -0.756. The van der Waals surface area contributed by atoms with Gasteiger partial charge in [-0.2, -0.15) is 13.2 Å². The molecular formula is C23H19ClF3N3O3S2. The van der Waals surface area contributed by atoms with Crippen LogP contribution in [0, 0.1) is 0 Å². The van der Waals surface area contributed by atoms with Crippen LogP contribution in [0.2, 0.25) is 5.15 Å². The lowest BCUT2D eigenvalue weighted by atomic mass is 10.1. The topological polar surface area (TPSA) is 89.0 Å². The van der Waals surface area contributed by atoms with Crippen molar-refractivity contribution < 1.29 is 26.4 Å². The number of rotatable bonds is 9. The quantitative estimate of drug-likeness (QED) is 0.279. The van der Waals surface area contributed by atoms with Gasteiger partial charge in [0.05, 0.1) is 28.3 Å². The van der Waals surface area contributed by atoms with Crippen molar-refractivity contribution in [2.45, 2.75) is 11.2 Å². The number of nitrogens with one attached hydrogen (secondary N) is 1. The van der Waals surface area contributed by atoms with Gasteiger partial charge in [-0.05, 0) is 42.0 Å². The van der Waals surface area contributed by atoms with E-state index in [2.05, 4.69) is 15.3 Å². The first kappa shape index (κ1) is 26.7. The van der Waals surface area contributed by atoms with Gasteiger partial charge in [-0.1, -0.05) is 35.9 Å². The average molecular weight is 542 g/mol. The van der Waals surface area contributed by atoms with E-state index in [1.54, 1.807) is 12.1 Å². The SMILES string of the molecule is O=C(Nc1cccnc1SCCS(=O)(=O)CC=Cc1cccc(C(F)(F)F)c1)c1ccc(Cl)nc1. The number of amides is 1. The summed E-state index contributed by atoms with van der Waals surface area (Å²) in [6.07, 6.45) is 1.05. The van der Waals surface area contributed by atoms with Crippen LogP contribution in [0.4, 0.5) is 18.9 Å². The van der Waals surface area contributed by atoms with Gasteiger partial charge in [0.1, 0.15) is 10.2 Å². The van der Waals surface area contributed by atoms with Crippen LogP contribution < -0.4 is 5.32 Å². The molecule has 0 spiro atoms. The molecule has 2 aromatic heterocycles. The molecule has 2 heterocycles. The Hall–Kier alpha value is -2.89. The molecule has 0 saturated heterocycles. The molecular weight excluding hydrogens is 523 g/mol. The van der Waals surface area contributed by atoms with Gasteiger partial charge in [0.2, 0.25) is 0 Å². The third kappa shape index (κ3) is 8.37. The number of pyridine rings is 2. The molecule has 1 N–H and O–H groups in total. The highest BCUT2D eigenvalue weighted by molar-refractivity contribution is 8.00. The summed E-state index contributed by atoms with van der Waals surface area (Å²) >= 11 is 6.89. The summed E-state index contributed by atoms with van der Waals surface area (Å²) in [4.78, 5) is 20.5. The minimum Gasteiger partial charge on any atom is -0.320 e. The number of carbonyl (C=O) groups excluding carboxylic acids is 1. The molecule has 0 aliphatic carbocycles. The number of carbonyl (C=O) groups is 1. The van der Waals surface area contributed by atoms with Crippen LogP contribution in [-0.2, 0) is 16.0 Å². The van der Waals surface area contributed by atoms with E-state index in [0.29, 0.717) is 16.3 Å². The maximum atomic E-state index is 12.8. The van der Waals surface area contributed by atoms with Crippen molar-refractivity contribution >= 4 is 50.9 Å². The number of nitrogens with zero attached hydrogens (tertiary/aromatic N) is 2. The van der Waals surface area contributed by atoms with E-state index in [1.807, 2.05) is 0 Å². The van der Waals surface area contributed by atoms with Gasteiger partial charge >= 0.3 is 6.18 Å². The Balaban J connectivity index is 1.55. The Morgan fingerprint density at radius 2 is 1.91 bits per heavy atom. The zero-order chi connectivity index (χ0) is 25.5. The maximum Gasteiger partial charge on any atom is 0.416 e. The standard InChI is InChI=1S/C23H19ClF3N3O3S2/c24-20-9-8-17(15-29-20)21(31)30-19-7-2-10-28-22(19)34-11-13-35(32,33)12-3-5-16-4-1-6-18(14-16)23(25,26)27/h1-10,14-15H,11-13H2,(H,30,31). The van der Waals surface area contributed by atoms with Gasteiger partial charge in [-0.15, -0.1) is 11.8 Å². The van der Waals surface area contributed by atoms with E-state index in [-0.39, 0.29) is 28.0 Å². The van der Waals surface area contributed by atoms with E-state index < -0.39 is 27.5 Å². The number of alkyl halides is 3. The van der Waals surface area contributed by atoms with Crippen LogP contribution in [0.1, 0.15) is 21.5 Å². The number of hydrogen-bond acceptors (Lipinski definition) is 6. The van der Waals surface area contributed by atoms with Crippen LogP contribution in [0.3, 0.4) is 0 Å². The summed E-state index contributed by atoms with van der Waals surface area (Å²) in [7, 11) is -3.51. The van der Waals surface area contributed by atoms with Crippen LogP contribution in [0.15, 0.2) is 72.0 Å². The first-order chi connectivity index (χ1) is 16.5. The Morgan fingerprint density at radius 3 is 2.63 bits per heavy atom. The Labute approximate surface area is 209 Å². The molecule has 0 aliphatic rings. The Kier molecular flexibility index (Phi) is 8.92. The normalized spacial score (nSPS) is 12.1. The smallest absolute Gasteiger partial charge is 0.320 e. The molecule has 0 atom stereocenters. The lowest BCUT2D eigenvalue weighted by molar-refractivity contribution is -0.137. The molecule has 0 fully saturated rings. The minimum atomic E-state index is -4.47. The Bertz CT molecular complexity index is 1320. The zero-order valence-electron chi connectivity index (χ0n) is 18.0. The molecule has 0 saturated carbocycles. The third-order valence-corrected chi connectivity index (χ3v) is 7.53. The van der Waals surface area contributed by atoms with Gasteiger partial charge in [0.25, 0.3) is 5.91 Å². The van der Waals surface area contributed by atoms with Crippen molar-refractivity contribution in [3.05, 3.63) is 88.8 Å². The molecule has 1 aromatic carbocycles. The van der Waals surface area contributed by atoms with E-state index in [1.165, 1.54) is 48.8 Å². The number of sulfone groups is 1. The number of halogens is 4. The molecule has 6 nitrogen and oxygen atoms in total. The first-order valence-electron chi connectivity index (χ1n) is 10.1. The molecule has 0 radical (unpaired) electrons. The molecule has 1 amide bonds. The number of anilines is 1.